The number of hydrogen-bond acceptors (Lipinski definition) is 6. The number of halogens is 1. The summed E-state index contributed by atoms with van der Waals surface area (Å²) in [5.41, 5.74) is 3.41. The standard InChI is InChI=1S/C25H27FN6O/c1-13-10-32(11-14(2)27-13)17-6-7-20-18(9-17)22(15-4-5-15)29-25(28-20)19-8-16-12-31(3)30-23(16)21(26)24(19)33/h6-9,12-15,27,33H,4-5,10-11H2,1-3H3/t13-,14-/m0/s1. The third kappa shape index (κ3) is 3.49. The number of aromatic nitrogens is 4. The Hall–Kier alpha value is -3.26. The fraction of sp³-hybridized carbons (Fsp3) is 0.400. The zero-order valence-electron chi connectivity index (χ0n) is 19.0. The molecule has 33 heavy (non-hydrogen) atoms. The van der Waals surface area contributed by atoms with Crippen LogP contribution in [0.2, 0.25) is 0 Å². The highest BCUT2D eigenvalue weighted by Gasteiger charge is 2.30. The second-order valence-electron chi connectivity index (χ2n) is 9.61. The average molecular weight is 447 g/mol. The first-order valence-electron chi connectivity index (χ1n) is 11.5. The van der Waals surface area contributed by atoms with Crippen LogP contribution in [-0.4, -0.2) is 50.0 Å². The van der Waals surface area contributed by atoms with Gasteiger partial charge in [0.1, 0.15) is 5.52 Å². The van der Waals surface area contributed by atoms with Crippen molar-refractivity contribution in [1.82, 2.24) is 25.1 Å². The van der Waals surface area contributed by atoms with Crippen molar-refractivity contribution in [3.63, 3.8) is 0 Å². The lowest BCUT2D eigenvalue weighted by atomic mass is 10.1. The van der Waals surface area contributed by atoms with E-state index in [9.17, 15) is 9.50 Å². The molecule has 1 saturated heterocycles. The van der Waals surface area contributed by atoms with E-state index in [1.165, 1.54) is 10.4 Å². The van der Waals surface area contributed by atoms with E-state index in [4.69, 9.17) is 9.97 Å². The fourth-order valence-corrected chi connectivity index (χ4v) is 5.07. The zero-order valence-corrected chi connectivity index (χ0v) is 19.0. The maximum absolute atomic E-state index is 14.9. The average Bonchev–Trinajstić information content (AvgIpc) is 3.56. The van der Waals surface area contributed by atoms with Crippen LogP contribution in [0.25, 0.3) is 33.2 Å². The summed E-state index contributed by atoms with van der Waals surface area (Å²) < 4.78 is 16.4. The van der Waals surface area contributed by atoms with Gasteiger partial charge in [0.05, 0.1) is 16.8 Å². The number of fused-ring (bicyclic) bond motifs is 2. The lowest BCUT2D eigenvalue weighted by Crippen LogP contribution is -2.54. The van der Waals surface area contributed by atoms with Crippen molar-refractivity contribution < 1.29 is 9.50 Å². The van der Waals surface area contributed by atoms with Crippen LogP contribution < -0.4 is 10.2 Å². The van der Waals surface area contributed by atoms with E-state index in [1.54, 1.807) is 19.3 Å². The van der Waals surface area contributed by atoms with Gasteiger partial charge >= 0.3 is 0 Å². The van der Waals surface area contributed by atoms with E-state index in [2.05, 4.69) is 41.3 Å². The fourth-order valence-electron chi connectivity index (χ4n) is 5.07. The first-order chi connectivity index (χ1) is 15.9. The Labute approximate surface area is 191 Å². The van der Waals surface area contributed by atoms with Crippen molar-refractivity contribution in [2.75, 3.05) is 18.0 Å². The third-order valence-electron chi connectivity index (χ3n) is 6.66. The molecule has 2 aliphatic rings. The summed E-state index contributed by atoms with van der Waals surface area (Å²) in [6.45, 7) is 6.32. The first kappa shape index (κ1) is 20.4. The van der Waals surface area contributed by atoms with Gasteiger partial charge in [-0.1, -0.05) is 0 Å². The minimum Gasteiger partial charge on any atom is -0.504 e. The molecule has 4 aromatic rings. The van der Waals surface area contributed by atoms with Crippen LogP contribution in [0.15, 0.2) is 30.5 Å². The van der Waals surface area contributed by atoms with Crippen molar-refractivity contribution in [2.45, 2.75) is 44.7 Å². The summed E-state index contributed by atoms with van der Waals surface area (Å²) in [4.78, 5) is 12.0. The van der Waals surface area contributed by atoms with Crippen LogP contribution >= 0.6 is 0 Å². The number of nitrogens with one attached hydrogen (secondary N) is 1. The molecule has 0 unspecified atom stereocenters. The highest BCUT2D eigenvalue weighted by Crippen LogP contribution is 2.44. The first-order valence-corrected chi connectivity index (χ1v) is 11.5. The normalized spacial score (nSPS) is 21.3. The van der Waals surface area contributed by atoms with Gasteiger partial charge < -0.3 is 15.3 Å². The Bertz CT molecular complexity index is 1390. The molecule has 2 N–H and O–H groups in total. The zero-order chi connectivity index (χ0) is 22.9. The number of anilines is 1. The number of benzene rings is 2. The molecule has 1 saturated carbocycles. The van der Waals surface area contributed by atoms with Gasteiger partial charge in [0.25, 0.3) is 0 Å². The number of piperazine rings is 1. The predicted octanol–water partition coefficient (Wildman–Crippen LogP) is 4.09. The number of rotatable bonds is 3. The highest BCUT2D eigenvalue weighted by atomic mass is 19.1. The smallest absolute Gasteiger partial charge is 0.193 e. The molecular formula is C25H27FN6O. The Morgan fingerprint density at radius 2 is 1.85 bits per heavy atom. The van der Waals surface area contributed by atoms with E-state index in [1.807, 2.05) is 6.07 Å². The molecule has 3 heterocycles. The largest absolute Gasteiger partial charge is 0.504 e. The summed E-state index contributed by atoms with van der Waals surface area (Å²) in [7, 11) is 1.73. The number of phenolic OH excluding ortho intramolecular Hbond substituents is 1. The van der Waals surface area contributed by atoms with Crippen LogP contribution in [0.4, 0.5) is 10.1 Å². The van der Waals surface area contributed by atoms with Gasteiger partial charge in [-0.25, -0.2) is 14.4 Å². The molecule has 2 aromatic heterocycles. The molecule has 2 atom stereocenters. The molecule has 1 aliphatic carbocycles. The Morgan fingerprint density at radius 1 is 1.09 bits per heavy atom. The maximum Gasteiger partial charge on any atom is 0.193 e. The molecule has 0 radical (unpaired) electrons. The second-order valence-corrected chi connectivity index (χ2v) is 9.61. The summed E-state index contributed by atoms with van der Waals surface area (Å²) in [6.07, 6.45) is 3.89. The highest BCUT2D eigenvalue weighted by molar-refractivity contribution is 5.90. The van der Waals surface area contributed by atoms with E-state index in [0.717, 1.165) is 42.5 Å². The molecule has 170 valence electrons. The van der Waals surface area contributed by atoms with Gasteiger partial charge in [0.2, 0.25) is 0 Å². The number of nitrogens with zero attached hydrogens (tertiary/aromatic N) is 5. The molecular weight excluding hydrogens is 419 g/mol. The molecule has 2 aromatic carbocycles. The molecule has 8 heteroatoms. The van der Waals surface area contributed by atoms with Crippen molar-refractivity contribution in [3.8, 4) is 17.1 Å². The van der Waals surface area contributed by atoms with Crippen LogP contribution in [0.5, 0.6) is 5.75 Å². The van der Waals surface area contributed by atoms with Crippen LogP contribution in [-0.2, 0) is 7.05 Å². The van der Waals surface area contributed by atoms with Gasteiger partial charge in [0, 0.05) is 60.8 Å². The minimum atomic E-state index is -0.739. The molecule has 0 spiro atoms. The SMILES string of the molecule is C[C@H]1CN(c2ccc3nc(-c4cc5cn(C)nc5c(F)c4O)nc(C4CC4)c3c2)C[C@H](C)N1. The number of hydrogen-bond donors (Lipinski definition) is 2. The quantitative estimate of drug-likeness (QED) is 0.494. The predicted molar refractivity (Wildman–Crippen MR) is 127 cm³/mol. The van der Waals surface area contributed by atoms with Crippen molar-refractivity contribution in [2.24, 2.45) is 7.05 Å². The van der Waals surface area contributed by atoms with Crippen LogP contribution in [0.1, 0.15) is 38.3 Å². The van der Waals surface area contributed by atoms with Crippen molar-refractivity contribution >= 4 is 27.5 Å². The summed E-state index contributed by atoms with van der Waals surface area (Å²) >= 11 is 0. The van der Waals surface area contributed by atoms with Crippen molar-refractivity contribution in [3.05, 3.63) is 42.0 Å². The van der Waals surface area contributed by atoms with E-state index < -0.39 is 11.6 Å². The van der Waals surface area contributed by atoms with Gasteiger partial charge in [-0.3, -0.25) is 4.68 Å². The Morgan fingerprint density at radius 3 is 2.58 bits per heavy atom. The van der Waals surface area contributed by atoms with Gasteiger partial charge in [-0.05, 0) is 51.0 Å². The molecule has 0 amide bonds. The molecule has 0 bridgehead atoms. The van der Waals surface area contributed by atoms with E-state index in [-0.39, 0.29) is 5.52 Å². The van der Waals surface area contributed by atoms with Crippen molar-refractivity contribution in [1.29, 1.82) is 0 Å². The molecule has 7 nitrogen and oxygen atoms in total. The topological polar surface area (TPSA) is 79.1 Å². The number of aromatic hydroxyl groups is 1. The monoisotopic (exact) mass is 446 g/mol. The van der Waals surface area contributed by atoms with E-state index in [0.29, 0.717) is 34.8 Å². The third-order valence-corrected chi connectivity index (χ3v) is 6.66. The summed E-state index contributed by atoms with van der Waals surface area (Å²) in [6, 6.07) is 8.89. The molecule has 1 aliphatic heterocycles. The van der Waals surface area contributed by atoms with Gasteiger partial charge in [0.15, 0.2) is 17.4 Å². The van der Waals surface area contributed by atoms with Gasteiger partial charge in [-0.15, -0.1) is 0 Å². The number of aryl methyl sites for hydroxylation is 1. The molecule has 2 fully saturated rings. The second kappa shape index (κ2) is 7.38. The lowest BCUT2D eigenvalue weighted by Gasteiger charge is -2.37. The maximum atomic E-state index is 14.9. The van der Waals surface area contributed by atoms with Gasteiger partial charge in [-0.2, -0.15) is 5.10 Å². The summed E-state index contributed by atoms with van der Waals surface area (Å²) in [5.74, 6) is -0.469. The van der Waals surface area contributed by atoms with Crippen LogP contribution in [0, 0.1) is 5.82 Å². The lowest BCUT2D eigenvalue weighted by molar-refractivity contribution is 0.407. The molecule has 6 rings (SSSR count). The Kier molecular flexibility index (Phi) is 4.55. The minimum absolute atomic E-state index is 0.145. The summed E-state index contributed by atoms with van der Waals surface area (Å²) in [5, 5.41) is 20.0. The number of phenols is 1. The van der Waals surface area contributed by atoms with Crippen LogP contribution in [0.3, 0.4) is 0 Å². The Balaban J connectivity index is 1.49. The van der Waals surface area contributed by atoms with E-state index >= 15 is 0 Å².